The number of piperazine rings is 1. The van der Waals surface area contributed by atoms with Gasteiger partial charge in [-0.3, -0.25) is 4.79 Å². The fourth-order valence-corrected chi connectivity index (χ4v) is 3.31. The molecular weight excluding hydrogens is 349 g/mol. The molecule has 136 valence electrons. The number of hydrogen-bond donors (Lipinski definition) is 1. The summed E-state index contributed by atoms with van der Waals surface area (Å²) in [5, 5.41) is 3.33. The number of ether oxygens (including phenoxy) is 1. The Balaban J connectivity index is 0.00000144. The molecule has 0 spiro atoms. The van der Waals surface area contributed by atoms with Gasteiger partial charge in [0, 0.05) is 44.5 Å². The summed E-state index contributed by atoms with van der Waals surface area (Å²) >= 11 is 0. The van der Waals surface area contributed by atoms with Crippen LogP contribution < -0.4 is 15.0 Å². The molecule has 2 aliphatic heterocycles. The predicted octanol–water partition coefficient (Wildman–Crippen LogP) is 2.19. The minimum absolute atomic E-state index is 0. The van der Waals surface area contributed by atoms with Crippen molar-refractivity contribution in [2.75, 3.05) is 51.3 Å². The number of anilines is 1. The molecule has 1 amide bonds. The summed E-state index contributed by atoms with van der Waals surface area (Å²) in [6.07, 6.45) is 2.14. The van der Waals surface area contributed by atoms with Crippen LogP contribution in [-0.4, -0.2) is 57.2 Å². The van der Waals surface area contributed by atoms with Crippen LogP contribution >= 0.6 is 24.8 Å². The molecule has 0 aromatic heterocycles. The van der Waals surface area contributed by atoms with Crippen molar-refractivity contribution < 1.29 is 9.53 Å². The second kappa shape index (κ2) is 9.97. The number of carbonyl (C=O) groups is 1. The number of rotatable bonds is 3. The summed E-state index contributed by atoms with van der Waals surface area (Å²) in [5.41, 5.74) is 1.17. The normalized spacial score (nSPS) is 20.6. The van der Waals surface area contributed by atoms with E-state index in [0.717, 1.165) is 57.9 Å². The van der Waals surface area contributed by atoms with Crippen LogP contribution in [0.1, 0.15) is 12.8 Å². The summed E-state index contributed by atoms with van der Waals surface area (Å²) in [5.74, 6) is 1.39. The van der Waals surface area contributed by atoms with E-state index in [2.05, 4.69) is 22.3 Å². The molecule has 2 aliphatic rings. The smallest absolute Gasteiger partial charge is 0.227 e. The molecule has 0 radical (unpaired) electrons. The van der Waals surface area contributed by atoms with Gasteiger partial charge in [0.25, 0.3) is 0 Å². The van der Waals surface area contributed by atoms with Crippen molar-refractivity contribution in [3.63, 3.8) is 0 Å². The van der Waals surface area contributed by atoms with Crippen molar-refractivity contribution in [3.05, 3.63) is 24.3 Å². The number of nitrogens with zero attached hydrogens (tertiary/aromatic N) is 2. The standard InChI is InChI=1S/C17H25N3O2.2ClH/c1-22-16-6-2-5-15(12-16)19-8-10-20(11-9-19)17(21)14-4-3-7-18-13-14;;/h2,5-6,12,14,18H,3-4,7-11,13H2,1H3;2*1H/t14-;;/m1../s1. The van der Waals surface area contributed by atoms with Crippen LogP contribution in [0, 0.1) is 5.92 Å². The average molecular weight is 376 g/mol. The lowest BCUT2D eigenvalue weighted by Crippen LogP contribution is -2.52. The van der Waals surface area contributed by atoms with Crippen molar-refractivity contribution in [1.29, 1.82) is 0 Å². The minimum Gasteiger partial charge on any atom is -0.497 e. The first-order valence-corrected chi connectivity index (χ1v) is 8.16. The van der Waals surface area contributed by atoms with E-state index in [1.54, 1.807) is 7.11 Å². The third kappa shape index (κ3) is 4.91. The van der Waals surface area contributed by atoms with E-state index in [-0.39, 0.29) is 30.7 Å². The molecule has 1 aromatic rings. The molecule has 0 unspecified atom stereocenters. The van der Waals surface area contributed by atoms with E-state index in [4.69, 9.17) is 4.74 Å². The highest BCUT2D eigenvalue weighted by Gasteiger charge is 2.28. The van der Waals surface area contributed by atoms with E-state index >= 15 is 0 Å². The Bertz CT molecular complexity index is 516. The highest BCUT2D eigenvalue weighted by atomic mass is 35.5. The fraction of sp³-hybridized carbons (Fsp3) is 0.588. The van der Waals surface area contributed by atoms with E-state index in [9.17, 15) is 4.79 Å². The highest BCUT2D eigenvalue weighted by Crippen LogP contribution is 2.23. The molecule has 2 heterocycles. The minimum atomic E-state index is 0. The summed E-state index contributed by atoms with van der Waals surface area (Å²) in [7, 11) is 1.69. The molecule has 2 fully saturated rings. The number of piperidine rings is 1. The van der Waals surface area contributed by atoms with E-state index in [1.807, 2.05) is 17.0 Å². The van der Waals surface area contributed by atoms with E-state index in [0.29, 0.717) is 5.91 Å². The molecule has 1 aromatic carbocycles. The SMILES string of the molecule is COc1cccc(N2CCN(C(=O)[C@@H]3CCCNC3)CC2)c1.Cl.Cl. The van der Waals surface area contributed by atoms with Gasteiger partial charge < -0.3 is 19.9 Å². The lowest BCUT2D eigenvalue weighted by molar-refractivity contribution is -0.136. The molecule has 2 saturated heterocycles. The Morgan fingerprint density at radius 1 is 1.21 bits per heavy atom. The summed E-state index contributed by atoms with van der Waals surface area (Å²) in [6.45, 7) is 5.29. The van der Waals surface area contributed by atoms with Crippen LogP contribution in [0.5, 0.6) is 5.75 Å². The predicted molar refractivity (Wildman–Crippen MR) is 102 cm³/mol. The number of amides is 1. The molecule has 0 bridgehead atoms. The number of nitrogens with one attached hydrogen (secondary N) is 1. The zero-order chi connectivity index (χ0) is 15.4. The van der Waals surface area contributed by atoms with Gasteiger partial charge in [0.15, 0.2) is 0 Å². The Kier molecular flexibility index (Phi) is 8.67. The topological polar surface area (TPSA) is 44.8 Å². The molecule has 24 heavy (non-hydrogen) atoms. The van der Waals surface area contributed by atoms with Gasteiger partial charge in [-0.2, -0.15) is 0 Å². The Hall–Kier alpha value is -1.17. The van der Waals surface area contributed by atoms with Gasteiger partial charge >= 0.3 is 0 Å². The first kappa shape index (κ1) is 20.9. The second-order valence-electron chi connectivity index (χ2n) is 6.06. The maximum Gasteiger partial charge on any atom is 0.227 e. The van der Waals surface area contributed by atoms with E-state index < -0.39 is 0 Å². The zero-order valence-electron chi connectivity index (χ0n) is 14.1. The Morgan fingerprint density at radius 2 is 1.96 bits per heavy atom. The number of halogens is 2. The monoisotopic (exact) mass is 375 g/mol. The molecule has 5 nitrogen and oxygen atoms in total. The lowest BCUT2D eigenvalue weighted by atomic mass is 9.98. The molecule has 0 saturated carbocycles. The van der Waals surface area contributed by atoms with Crippen LogP contribution in [0.4, 0.5) is 5.69 Å². The zero-order valence-corrected chi connectivity index (χ0v) is 15.7. The third-order valence-corrected chi connectivity index (χ3v) is 4.66. The van der Waals surface area contributed by atoms with Crippen molar-refractivity contribution in [1.82, 2.24) is 10.2 Å². The summed E-state index contributed by atoms with van der Waals surface area (Å²) in [6, 6.07) is 8.13. The van der Waals surface area contributed by atoms with Crippen molar-refractivity contribution in [2.24, 2.45) is 5.92 Å². The van der Waals surface area contributed by atoms with Crippen molar-refractivity contribution in [2.45, 2.75) is 12.8 Å². The third-order valence-electron chi connectivity index (χ3n) is 4.66. The fourth-order valence-electron chi connectivity index (χ4n) is 3.31. The Morgan fingerprint density at radius 3 is 2.58 bits per heavy atom. The van der Waals surface area contributed by atoms with Crippen LogP contribution in [0.3, 0.4) is 0 Å². The lowest BCUT2D eigenvalue weighted by Gasteiger charge is -2.38. The average Bonchev–Trinajstić information content (AvgIpc) is 2.62. The second-order valence-corrected chi connectivity index (χ2v) is 6.06. The van der Waals surface area contributed by atoms with Crippen LogP contribution in [-0.2, 0) is 4.79 Å². The first-order chi connectivity index (χ1) is 10.8. The molecular formula is C17H27Cl2N3O2. The van der Waals surface area contributed by atoms with E-state index in [1.165, 1.54) is 5.69 Å². The van der Waals surface area contributed by atoms with Crippen molar-refractivity contribution in [3.8, 4) is 5.75 Å². The number of benzene rings is 1. The Labute approximate surface area is 156 Å². The quantitative estimate of drug-likeness (QED) is 0.879. The molecule has 7 heteroatoms. The number of carbonyl (C=O) groups excluding carboxylic acids is 1. The van der Waals surface area contributed by atoms with Gasteiger partial charge in [0.1, 0.15) is 5.75 Å². The van der Waals surface area contributed by atoms with Gasteiger partial charge in [-0.25, -0.2) is 0 Å². The molecule has 1 N–H and O–H groups in total. The van der Waals surface area contributed by atoms with Gasteiger partial charge in [-0.05, 0) is 31.5 Å². The van der Waals surface area contributed by atoms with Crippen LogP contribution in [0.15, 0.2) is 24.3 Å². The van der Waals surface area contributed by atoms with Crippen LogP contribution in [0.25, 0.3) is 0 Å². The number of hydrogen-bond acceptors (Lipinski definition) is 4. The maximum absolute atomic E-state index is 12.5. The van der Waals surface area contributed by atoms with Gasteiger partial charge in [0.2, 0.25) is 5.91 Å². The summed E-state index contributed by atoms with van der Waals surface area (Å²) in [4.78, 5) is 16.9. The largest absolute Gasteiger partial charge is 0.497 e. The molecule has 0 aliphatic carbocycles. The summed E-state index contributed by atoms with van der Waals surface area (Å²) < 4.78 is 5.29. The van der Waals surface area contributed by atoms with Gasteiger partial charge in [-0.1, -0.05) is 6.07 Å². The van der Waals surface area contributed by atoms with Gasteiger partial charge in [-0.15, -0.1) is 24.8 Å². The first-order valence-electron chi connectivity index (χ1n) is 8.16. The number of methoxy groups -OCH3 is 1. The molecule has 1 atom stereocenters. The maximum atomic E-state index is 12.5. The molecule has 3 rings (SSSR count). The highest BCUT2D eigenvalue weighted by molar-refractivity contribution is 5.85. The van der Waals surface area contributed by atoms with Crippen LogP contribution in [0.2, 0.25) is 0 Å². The van der Waals surface area contributed by atoms with Crippen molar-refractivity contribution >= 4 is 36.4 Å². The van der Waals surface area contributed by atoms with Gasteiger partial charge in [0.05, 0.1) is 13.0 Å².